The van der Waals surface area contributed by atoms with Gasteiger partial charge in [-0.25, -0.2) is 0 Å². The molecule has 1 unspecified atom stereocenters. The number of nitrogens with zero attached hydrogens (tertiary/aromatic N) is 1. The summed E-state index contributed by atoms with van der Waals surface area (Å²) in [6.07, 6.45) is 7.74. The molecule has 3 atom stereocenters. The maximum atomic E-state index is 10.5. The Labute approximate surface area is 121 Å². The standard InChI is InChI=1S/C17H26N2O/c18-15-9-7-14(8-10-15)17(20)12-19-11-3-5-13-4-1-2-6-16(13)19/h7-10,13,16-17,20H,1-6,11-12,18H2/t13-,16-,17?/m1/s1. The van der Waals surface area contributed by atoms with E-state index in [1.807, 2.05) is 24.3 Å². The van der Waals surface area contributed by atoms with Crippen molar-refractivity contribution in [1.29, 1.82) is 0 Å². The van der Waals surface area contributed by atoms with Crippen LogP contribution >= 0.6 is 0 Å². The summed E-state index contributed by atoms with van der Waals surface area (Å²) in [6.45, 7) is 1.91. The van der Waals surface area contributed by atoms with Gasteiger partial charge in [0.05, 0.1) is 6.10 Å². The first-order valence-electron chi connectivity index (χ1n) is 8.01. The number of rotatable bonds is 3. The topological polar surface area (TPSA) is 49.5 Å². The Kier molecular flexibility index (Phi) is 4.27. The van der Waals surface area contributed by atoms with E-state index in [4.69, 9.17) is 5.73 Å². The Bertz CT molecular complexity index is 429. The molecule has 2 fully saturated rings. The zero-order valence-corrected chi connectivity index (χ0v) is 12.2. The first-order valence-corrected chi connectivity index (χ1v) is 8.01. The van der Waals surface area contributed by atoms with Crippen molar-refractivity contribution in [3.8, 4) is 0 Å². The number of fused-ring (bicyclic) bond motifs is 1. The van der Waals surface area contributed by atoms with Gasteiger partial charge in [-0.2, -0.15) is 0 Å². The summed E-state index contributed by atoms with van der Waals surface area (Å²) in [5, 5.41) is 10.5. The third kappa shape index (κ3) is 2.99. The molecule has 1 saturated heterocycles. The number of anilines is 1. The van der Waals surface area contributed by atoms with Crippen LogP contribution in [0.4, 0.5) is 5.69 Å². The lowest BCUT2D eigenvalue weighted by atomic mass is 9.78. The first kappa shape index (κ1) is 13.9. The van der Waals surface area contributed by atoms with E-state index in [1.54, 1.807) is 0 Å². The number of hydrogen-bond acceptors (Lipinski definition) is 3. The lowest BCUT2D eigenvalue weighted by Crippen LogP contribution is -2.48. The van der Waals surface area contributed by atoms with Crippen molar-refractivity contribution < 1.29 is 5.11 Å². The lowest BCUT2D eigenvalue weighted by molar-refractivity contribution is 0.0205. The third-order valence-corrected chi connectivity index (χ3v) is 5.09. The number of likely N-dealkylation sites (tertiary alicyclic amines) is 1. The van der Waals surface area contributed by atoms with Gasteiger partial charge < -0.3 is 10.8 Å². The Balaban J connectivity index is 1.65. The van der Waals surface area contributed by atoms with Crippen molar-refractivity contribution in [1.82, 2.24) is 4.90 Å². The normalized spacial score (nSPS) is 28.9. The van der Waals surface area contributed by atoms with E-state index in [2.05, 4.69) is 4.90 Å². The van der Waals surface area contributed by atoms with Crippen molar-refractivity contribution >= 4 is 5.69 Å². The van der Waals surface area contributed by atoms with E-state index in [-0.39, 0.29) is 0 Å². The van der Waals surface area contributed by atoms with Crippen LogP contribution in [0.1, 0.15) is 50.2 Å². The SMILES string of the molecule is Nc1ccc(C(O)CN2CCC[C@H]3CCCC[C@H]32)cc1. The van der Waals surface area contributed by atoms with Gasteiger partial charge in [-0.15, -0.1) is 0 Å². The number of piperidine rings is 1. The van der Waals surface area contributed by atoms with Crippen LogP contribution in [-0.4, -0.2) is 29.1 Å². The summed E-state index contributed by atoms with van der Waals surface area (Å²) in [6, 6.07) is 8.35. The van der Waals surface area contributed by atoms with Gasteiger partial charge in [0.2, 0.25) is 0 Å². The predicted molar refractivity (Wildman–Crippen MR) is 82.4 cm³/mol. The zero-order chi connectivity index (χ0) is 13.9. The molecule has 1 aromatic rings. The minimum Gasteiger partial charge on any atom is -0.399 e. The number of nitrogens with two attached hydrogens (primary N) is 1. The minimum absolute atomic E-state index is 0.392. The van der Waals surface area contributed by atoms with E-state index in [1.165, 1.54) is 38.5 Å². The number of hydrogen-bond donors (Lipinski definition) is 2. The highest BCUT2D eigenvalue weighted by atomic mass is 16.3. The summed E-state index contributed by atoms with van der Waals surface area (Å²) in [5.74, 6) is 0.871. The quantitative estimate of drug-likeness (QED) is 0.833. The highest BCUT2D eigenvalue weighted by Gasteiger charge is 2.33. The van der Waals surface area contributed by atoms with E-state index in [0.717, 1.165) is 30.3 Å². The molecule has 3 rings (SSSR count). The molecule has 0 radical (unpaired) electrons. The molecule has 1 aliphatic carbocycles. The van der Waals surface area contributed by atoms with E-state index in [9.17, 15) is 5.11 Å². The fourth-order valence-electron chi connectivity index (χ4n) is 4.00. The fourth-order valence-corrected chi connectivity index (χ4v) is 4.00. The highest BCUT2D eigenvalue weighted by molar-refractivity contribution is 5.39. The number of aliphatic hydroxyl groups is 1. The van der Waals surface area contributed by atoms with Crippen molar-refractivity contribution in [3.63, 3.8) is 0 Å². The van der Waals surface area contributed by atoms with Crippen LogP contribution in [0.2, 0.25) is 0 Å². The molecule has 110 valence electrons. The summed E-state index contributed by atoms with van der Waals surface area (Å²) >= 11 is 0. The van der Waals surface area contributed by atoms with Crippen LogP contribution in [0, 0.1) is 5.92 Å². The fraction of sp³-hybridized carbons (Fsp3) is 0.647. The number of nitrogen functional groups attached to an aromatic ring is 1. The summed E-state index contributed by atoms with van der Waals surface area (Å²) in [5.41, 5.74) is 7.45. The van der Waals surface area contributed by atoms with Crippen LogP contribution in [0.3, 0.4) is 0 Å². The molecule has 0 aromatic heterocycles. The molecule has 0 amide bonds. The molecule has 1 aromatic carbocycles. The van der Waals surface area contributed by atoms with Gasteiger partial charge in [-0.3, -0.25) is 4.90 Å². The van der Waals surface area contributed by atoms with Gasteiger partial charge in [0.1, 0.15) is 0 Å². The molecule has 1 saturated carbocycles. The average Bonchev–Trinajstić information content (AvgIpc) is 2.48. The summed E-state index contributed by atoms with van der Waals surface area (Å²) in [4.78, 5) is 2.54. The van der Waals surface area contributed by atoms with Crippen molar-refractivity contribution in [2.75, 3.05) is 18.8 Å². The maximum absolute atomic E-state index is 10.5. The van der Waals surface area contributed by atoms with E-state index in [0.29, 0.717) is 6.04 Å². The summed E-state index contributed by atoms with van der Waals surface area (Å²) < 4.78 is 0. The average molecular weight is 274 g/mol. The monoisotopic (exact) mass is 274 g/mol. The predicted octanol–water partition coefficient (Wildman–Crippen LogP) is 2.96. The highest BCUT2D eigenvalue weighted by Crippen LogP contribution is 2.36. The molecular formula is C17H26N2O. The smallest absolute Gasteiger partial charge is 0.0917 e. The van der Waals surface area contributed by atoms with Crippen molar-refractivity contribution in [3.05, 3.63) is 29.8 Å². The van der Waals surface area contributed by atoms with Crippen LogP contribution in [0.15, 0.2) is 24.3 Å². The maximum Gasteiger partial charge on any atom is 0.0917 e. The molecule has 1 heterocycles. The van der Waals surface area contributed by atoms with Crippen LogP contribution in [0.5, 0.6) is 0 Å². The Morgan fingerprint density at radius 3 is 2.60 bits per heavy atom. The van der Waals surface area contributed by atoms with Gasteiger partial charge in [-0.1, -0.05) is 25.0 Å². The van der Waals surface area contributed by atoms with Crippen LogP contribution in [-0.2, 0) is 0 Å². The Morgan fingerprint density at radius 2 is 1.80 bits per heavy atom. The first-order chi connectivity index (χ1) is 9.74. The van der Waals surface area contributed by atoms with Crippen LogP contribution in [0.25, 0.3) is 0 Å². The van der Waals surface area contributed by atoms with Gasteiger partial charge in [0, 0.05) is 18.3 Å². The Morgan fingerprint density at radius 1 is 1.10 bits per heavy atom. The molecule has 3 nitrogen and oxygen atoms in total. The van der Waals surface area contributed by atoms with Crippen molar-refractivity contribution in [2.24, 2.45) is 5.92 Å². The van der Waals surface area contributed by atoms with Gasteiger partial charge >= 0.3 is 0 Å². The second-order valence-electron chi connectivity index (χ2n) is 6.43. The molecule has 1 aliphatic heterocycles. The minimum atomic E-state index is -0.392. The summed E-state index contributed by atoms with van der Waals surface area (Å²) in [7, 11) is 0. The largest absolute Gasteiger partial charge is 0.399 e. The lowest BCUT2D eigenvalue weighted by Gasteiger charge is -2.44. The van der Waals surface area contributed by atoms with Gasteiger partial charge in [0.25, 0.3) is 0 Å². The van der Waals surface area contributed by atoms with Gasteiger partial charge in [0.15, 0.2) is 0 Å². The zero-order valence-electron chi connectivity index (χ0n) is 12.2. The molecule has 3 heteroatoms. The molecular weight excluding hydrogens is 248 g/mol. The number of β-amino-alcohol motifs (C(OH)–C–C–N with tert-alkyl or cyclic N) is 1. The second kappa shape index (κ2) is 6.15. The molecule has 3 N–H and O–H groups in total. The molecule has 0 bridgehead atoms. The second-order valence-corrected chi connectivity index (χ2v) is 6.43. The third-order valence-electron chi connectivity index (χ3n) is 5.09. The molecule has 2 aliphatic rings. The number of aliphatic hydroxyl groups excluding tert-OH is 1. The molecule has 20 heavy (non-hydrogen) atoms. The van der Waals surface area contributed by atoms with E-state index < -0.39 is 6.10 Å². The van der Waals surface area contributed by atoms with Gasteiger partial charge in [-0.05, 0) is 55.8 Å². The van der Waals surface area contributed by atoms with E-state index >= 15 is 0 Å². The van der Waals surface area contributed by atoms with Crippen LogP contribution < -0.4 is 5.73 Å². The molecule has 0 spiro atoms. The van der Waals surface area contributed by atoms with Crippen molar-refractivity contribution in [2.45, 2.75) is 50.7 Å². The number of benzene rings is 1. The Hall–Kier alpha value is -1.06.